The van der Waals surface area contributed by atoms with Gasteiger partial charge in [0.05, 0.1) is 6.61 Å². The molecule has 1 atom stereocenters. The predicted octanol–water partition coefficient (Wildman–Crippen LogP) is 2.25. The van der Waals surface area contributed by atoms with E-state index in [0.29, 0.717) is 0 Å². The van der Waals surface area contributed by atoms with Crippen molar-refractivity contribution in [3.05, 3.63) is 0 Å². The van der Waals surface area contributed by atoms with Crippen LogP contribution in [0.3, 0.4) is 0 Å². The Bertz CT molecular complexity index is 221. The van der Waals surface area contributed by atoms with Crippen molar-refractivity contribution < 1.29 is 5.11 Å². The second-order valence-electron chi connectivity index (χ2n) is 6.47. The van der Waals surface area contributed by atoms with Crippen molar-refractivity contribution in [2.45, 2.75) is 64.0 Å². The molecule has 0 spiro atoms. The highest BCUT2D eigenvalue weighted by molar-refractivity contribution is 4.82. The van der Waals surface area contributed by atoms with Gasteiger partial charge in [0.1, 0.15) is 0 Å². The molecule has 0 aromatic heterocycles. The number of nitrogens with one attached hydrogen (secondary N) is 1. The van der Waals surface area contributed by atoms with Gasteiger partial charge in [-0.3, -0.25) is 0 Å². The molecule has 3 nitrogen and oxygen atoms in total. The lowest BCUT2D eigenvalue weighted by Crippen LogP contribution is -2.44. The topological polar surface area (TPSA) is 35.5 Å². The third-order valence-electron chi connectivity index (χ3n) is 4.80. The Labute approximate surface area is 113 Å². The summed E-state index contributed by atoms with van der Waals surface area (Å²) in [6, 6.07) is 0.788. The molecule has 1 aliphatic carbocycles. The molecule has 0 saturated heterocycles. The molecule has 2 N–H and O–H groups in total. The van der Waals surface area contributed by atoms with Crippen LogP contribution >= 0.6 is 0 Å². The molecule has 0 bridgehead atoms. The summed E-state index contributed by atoms with van der Waals surface area (Å²) in [5.41, 5.74) is -0.109. The molecule has 1 aliphatic rings. The number of aliphatic hydroxyl groups is 1. The summed E-state index contributed by atoms with van der Waals surface area (Å²) in [5.74, 6) is 0.927. The number of hydrogen-bond donors (Lipinski definition) is 2. The summed E-state index contributed by atoms with van der Waals surface area (Å²) in [4.78, 5) is 2.53. The van der Waals surface area contributed by atoms with Gasteiger partial charge < -0.3 is 15.3 Å². The monoisotopic (exact) mass is 256 g/mol. The van der Waals surface area contributed by atoms with Crippen LogP contribution in [-0.2, 0) is 0 Å². The van der Waals surface area contributed by atoms with Crippen LogP contribution in [-0.4, -0.2) is 48.8 Å². The van der Waals surface area contributed by atoms with E-state index < -0.39 is 0 Å². The van der Waals surface area contributed by atoms with E-state index in [0.717, 1.165) is 31.3 Å². The molecule has 108 valence electrons. The van der Waals surface area contributed by atoms with Gasteiger partial charge in [-0.15, -0.1) is 0 Å². The highest BCUT2D eigenvalue weighted by Gasteiger charge is 2.23. The van der Waals surface area contributed by atoms with E-state index in [1.807, 2.05) is 7.05 Å². The zero-order valence-corrected chi connectivity index (χ0v) is 12.7. The van der Waals surface area contributed by atoms with Gasteiger partial charge in [-0.2, -0.15) is 0 Å². The molecule has 1 unspecified atom stereocenters. The van der Waals surface area contributed by atoms with Crippen molar-refractivity contribution >= 4 is 0 Å². The zero-order chi connectivity index (χ0) is 13.6. The van der Waals surface area contributed by atoms with Gasteiger partial charge in [0, 0.05) is 11.6 Å². The van der Waals surface area contributed by atoms with E-state index in [9.17, 15) is 5.11 Å². The number of rotatable bonds is 7. The van der Waals surface area contributed by atoms with E-state index in [-0.39, 0.29) is 12.1 Å². The fourth-order valence-corrected chi connectivity index (χ4v) is 2.87. The van der Waals surface area contributed by atoms with Crippen LogP contribution in [0.4, 0.5) is 0 Å². The van der Waals surface area contributed by atoms with Crippen LogP contribution in [0.1, 0.15) is 52.4 Å². The van der Waals surface area contributed by atoms with Crippen molar-refractivity contribution in [1.82, 2.24) is 10.2 Å². The quantitative estimate of drug-likeness (QED) is 0.733. The lowest BCUT2D eigenvalue weighted by atomic mass is 9.86. The van der Waals surface area contributed by atoms with E-state index in [2.05, 4.69) is 31.1 Å². The maximum absolute atomic E-state index is 9.35. The number of hydrogen-bond acceptors (Lipinski definition) is 3. The first-order valence-electron chi connectivity index (χ1n) is 7.51. The third kappa shape index (κ3) is 4.87. The molecule has 0 aliphatic heterocycles. The van der Waals surface area contributed by atoms with Gasteiger partial charge >= 0.3 is 0 Å². The summed E-state index contributed by atoms with van der Waals surface area (Å²) in [6.45, 7) is 5.83. The third-order valence-corrected chi connectivity index (χ3v) is 4.80. The maximum Gasteiger partial charge on any atom is 0.0610 e. The smallest absolute Gasteiger partial charge is 0.0610 e. The Hall–Kier alpha value is -0.120. The average Bonchev–Trinajstić information content (AvgIpc) is 2.39. The van der Waals surface area contributed by atoms with Gasteiger partial charge in [0.15, 0.2) is 0 Å². The molecule has 0 heterocycles. The minimum atomic E-state index is -0.109. The Morgan fingerprint density at radius 3 is 2.39 bits per heavy atom. The highest BCUT2D eigenvalue weighted by atomic mass is 16.3. The lowest BCUT2D eigenvalue weighted by Gasteiger charge is -2.34. The largest absolute Gasteiger partial charge is 0.394 e. The van der Waals surface area contributed by atoms with Crippen LogP contribution in [0.2, 0.25) is 0 Å². The Morgan fingerprint density at radius 1 is 1.28 bits per heavy atom. The van der Waals surface area contributed by atoms with Crippen molar-refractivity contribution in [3.63, 3.8) is 0 Å². The number of likely N-dealkylation sites (N-methyl/N-ethyl adjacent to an activating group) is 1. The second-order valence-corrected chi connectivity index (χ2v) is 6.47. The summed E-state index contributed by atoms with van der Waals surface area (Å²) in [7, 11) is 4.19. The minimum Gasteiger partial charge on any atom is -0.394 e. The zero-order valence-electron chi connectivity index (χ0n) is 12.7. The van der Waals surface area contributed by atoms with Crippen molar-refractivity contribution in [1.29, 1.82) is 0 Å². The molecule has 1 fully saturated rings. The number of aliphatic hydroxyl groups excluding tert-OH is 1. The Balaban J connectivity index is 2.22. The van der Waals surface area contributed by atoms with Crippen molar-refractivity contribution in [2.75, 3.05) is 27.2 Å². The van der Waals surface area contributed by atoms with Gasteiger partial charge in [-0.25, -0.2) is 0 Å². The second kappa shape index (κ2) is 7.46. The van der Waals surface area contributed by atoms with E-state index in [4.69, 9.17) is 0 Å². The van der Waals surface area contributed by atoms with Crippen molar-refractivity contribution in [2.24, 2.45) is 5.92 Å². The van der Waals surface area contributed by atoms with Crippen LogP contribution in [0, 0.1) is 5.92 Å². The average molecular weight is 256 g/mol. The van der Waals surface area contributed by atoms with E-state index >= 15 is 0 Å². The molecule has 18 heavy (non-hydrogen) atoms. The van der Waals surface area contributed by atoms with E-state index in [1.54, 1.807) is 0 Å². The van der Waals surface area contributed by atoms with Crippen LogP contribution in [0.5, 0.6) is 0 Å². The Kier molecular flexibility index (Phi) is 6.61. The van der Waals surface area contributed by atoms with Gasteiger partial charge in [0.25, 0.3) is 0 Å². The van der Waals surface area contributed by atoms with Gasteiger partial charge in [0.2, 0.25) is 0 Å². The molecular formula is C15H32N2O. The maximum atomic E-state index is 9.35. The summed E-state index contributed by atoms with van der Waals surface area (Å²) >= 11 is 0. The van der Waals surface area contributed by atoms with Crippen LogP contribution in [0.25, 0.3) is 0 Å². The molecular weight excluding hydrogens is 224 g/mol. The molecule has 0 aromatic carbocycles. The standard InChI is InChI=1S/C15H32N2O/c1-13-6-8-14(9-7-13)17(4)11-5-10-15(2,12-18)16-3/h13-14,16,18H,5-12H2,1-4H3. The fourth-order valence-electron chi connectivity index (χ4n) is 2.87. The highest BCUT2D eigenvalue weighted by Crippen LogP contribution is 2.26. The van der Waals surface area contributed by atoms with Gasteiger partial charge in [-0.1, -0.05) is 6.92 Å². The molecule has 0 aromatic rings. The minimum absolute atomic E-state index is 0.109. The molecule has 0 amide bonds. The van der Waals surface area contributed by atoms with Gasteiger partial charge in [-0.05, 0) is 72.0 Å². The molecule has 0 radical (unpaired) electrons. The fraction of sp³-hybridized carbons (Fsp3) is 1.00. The first-order valence-corrected chi connectivity index (χ1v) is 7.51. The Morgan fingerprint density at radius 2 is 1.89 bits per heavy atom. The van der Waals surface area contributed by atoms with Crippen LogP contribution in [0.15, 0.2) is 0 Å². The first-order chi connectivity index (χ1) is 8.50. The SMILES string of the molecule is CNC(C)(CO)CCCN(C)C1CCC(C)CC1. The molecule has 3 heteroatoms. The lowest BCUT2D eigenvalue weighted by molar-refractivity contribution is 0.145. The normalized spacial score (nSPS) is 28.3. The number of nitrogens with zero attached hydrogens (tertiary/aromatic N) is 1. The van der Waals surface area contributed by atoms with Crippen LogP contribution < -0.4 is 5.32 Å². The summed E-state index contributed by atoms with van der Waals surface area (Å²) in [6.07, 6.45) is 7.69. The van der Waals surface area contributed by atoms with Crippen molar-refractivity contribution in [3.8, 4) is 0 Å². The molecule has 1 rings (SSSR count). The summed E-state index contributed by atoms with van der Waals surface area (Å²) in [5, 5.41) is 12.6. The molecule has 1 saturated carbocycles. The van der Waals surface area contributed by atoms with E-state index in [1.165, 1.54) is 25.7 Å². The summed E-state index contributed by atoms with van der Waals surface area (Å²) < 4.78 is 0. The predicted molar refractivity (Wildman–Crippen MR) is 77.8 cm³/mol. The first kappa shape index (κ1) is 15.9.